The second-order valence-corrected chi connectivity index (χ2v) is 3.98. The van der Waals surface area contributed by atoms with Crippen LogP contribution in [0.25, 0.3) is 17.2 Å². The highest BCUT2D eigenvalue weighted by Gasteiger charge is 1.98. The Hall–Kier alpha value is -2.86. The minimum atomic E-state index is -0.962. The maximum Gasteiger partial charge on any atom is 0.328 e. The summed E-state index contributed by atoms with van der Waals surface area (Å²) in [6.07, 6.45) is 2.65. The quantitative estimate of drug-likeness (QED) is 0.849. The van der Waals surface area contributed by atoms with Crippen molar-refractivity contribution in [2.75, 3.05) is 0 Å². The molecule has 0 aromatic heterocycles. The van der Waals surface area contributed by atoms with Crippen LogP contribution in [-0.2, 0) is 4.79 Å². The lowest BCUT2D eigenvalue weighted by Crippen LogP contribution is -1.85. The highest BCUT2D eigenvalue weighted by molar-refractivity contribution is 5.85. The van der Waals surface area contributed by atoms with Gasteiger partial charge in [-0.2, -0.15) is 5.26 Å². The lowest BCUT2D eigenvalue weighted by Gasteiger charge is -2.02. The van der Waals surface area contributed by atoms with Gasteiger partial charge in [0, 0.05) is 6.08 Å². The molecular formula is C16H11NO2. The standard InChI is InChI=1S/C16H11NO2/c17-11-13-3-8-15(9-4-13)14-6-1-12(2-7-14)5-10-16(18)19/h1-10H,(H,18,19). The van der Waals surface area contributed by atoms with Crippen LogP contribution in [0.3, 0.4) is 0 Å². The minimum absolute atomic E-state index is 0.629. The molecule has 0 aliphatic heterocycles. The molecule has 0 bridgehead atoms. The predicted molar refractivity (Wildman–Crippen MR) is 73.3 cm³/mol. The first-order valence-electron chi connectivity index (χ1n) is 5.70. The van der Waals surface area contributed by atoms with Crippen molar-refractivity contribution in [3.8, 4) is 17.2 Å². The topological polar surface area (TPSA) is 61.1 Å². The molecule has 0 amide bonds. The molecule has 0 atom stereocenters. The summed E-state index contributed by atoms with van der Waals surface area (Å²) in [6.45, 7) is 0. The Morgan fingerprint density at radius 3 is 2.00 bits per heavy atom. The average molecular weight is 249 g/mol. The van der Waals surface area contributed by atoms with Crippen molar-refractivity contribution in [1.29, 1.82) is 5.26 Å². The van der Waals surface area contributed by atoms with Crippen LogP contribution in [-0.4, -0.2) is 11.1 Å². The van der Waals surface area contributed by atoms with E-state index in [4.69, 9.17) is 10.4 Å². The Balaban J connectivity index is 2.22. The summed E-state index contributed by atoms with van der Waals surface area (Å²) < 4.78 is 0. The van der Waals surface area contributed by atoms with Gasteiger partial charge in [-0.15, -0.1) is 0 Å². The van der Waals surface area contributed by atoms with Gasteiger partial charge in [-0.1, -0.05) is 36.4 Å². The van der Waals surface area contributed by atoms with Crippen molar-refractivity contribution in [3.63, 3.8) is 0 Å². The molecular weight excluding hydrogens is 238 g/mol. The number of carboxylic acid groups (broad SMARTS) is 1. The Morgan fingerprint density at radius 1 is 1.00 bits per heavy atom. The molecule has 0 saturated carbocycles. The number of benzene rings is 2. The van der Waals surface area contributed by atoms with Crippen molar-refractivity contribution in [2.45, 2.75) is 0 Å². The summed E-state index contributed by atoms with van der Waals surface area (Å²) >= 11 is 0. The van der Waals surface area contributed by atoms with E-state index in [1.54, 1.807) is 18.2 Å². The zero-order valence-corrected chi connectivity index (χ0v) is 10.1. The number of nitriles is 1. The van der Waals surface area contributed by atoms with Gasteiger partial charge in [-0.25, -0.2) is 4.79 Å². The SMILES string of the molecule is N#Cc1ccc(-c2ccc(C=CC(=O)O)cc2)cc1. The van der Waals surface area contributed by atoms with E-state index in [1.165, 1.54) is 0 Å². The fourth-order valence-electron chi connectivity index (χ4n) is 1.69. The third-order valence-electron chi connectivity index (χ3n) is 2.68. The van der Waals surface area contributed by atoms with Gasteiger partial charge >= 0.3 is 5.97 Å². The first-order valence-corrected chi connectivity index (χ1v) is 5.70. The van der Waals surface area contributed by atoms with E-state index in [0.29, 0.717) is 5.56 Å². The van der Waals surface area contributed by atoms with Gasteiger partial charge in [0.15, 0.2) is 0 Å². The van der Waals surface area contributed by atoms with E-state index in [-0.39, 0.29) is 0 Å². The largest absolute Gasteiger partial charge is 0.478 e. The van der Waals surface area contributed by atoms with E-state index >= 15 is 0 Å². The maximum absolute atomic E-state index is 10.4. The Bertz CT molecular complexity index is 647. The molecule has 2 aromatic rings. The number of carboxylic acids is 1. The van der Waals surface area contributed by atoms with Crippen molar-refractivity contribution in [1.82, 2.24) is 0 Å². The maximum atomic E-state index is 10.4. The summed E-state index contributed by atoms with van der Waals surface area (Å²) in [5.41, 5.74) is 3.51. The molecule has 0 heterocycles. The molecule has 0 spiro atoms. The summed E-state index contributed by atoms with van der Waals surface area (Å²) in [7, 11) is 0. The number of hydrogen-bond donors (Lipinski definition) is 1. The normalized spacial score (nSPS) is 10.3. The van der Waals surface area contributed by atoms with Crippen LogP contribution in [0.1, 0.15) is 11.1 Å². The van der Waals surface area contributed by atoms with Crippen LogP contribution < -0.4 is 0 Å². The molecule has 3 nitrogen and oxygen atoms in total. The van der Waals surface area contributed by atoms with Crippen molar-refractivity contribution in [2.24, 2.45) is 0 Å². The Morgan fingerprint density at radius 2 is 1.53 bits per heavy atom. The smallest absolute Gasteiger partial charge is 0.328 e. The second-order valence-electron chi connectivity index (χ2n) is 3.98. The lowest BCUT2D eigenvalue weighted by atomic mass is 10.0. The summed E-state index contributed by atoms with van der Waals surface area (Å²) in [4.78, 5) is 10.4. The fourth-order valence-corrected chi connectivity index (χ4v) is 1.69. The molecule has 92 valence electrons. The highest BCUT2D eigenvalue weighted by Crippen LogP contribution is 2.20. The first kappa shape index (κ1) is 12.6. The van der Waals surface area contributed by atoms with Crippen LogP contribution >= 0.6 is 0 Å². The zero-order chi connectivity index (χ0) is 13.7. The monoisotopic (exact) mass is 249 g/mol. The number of carbonyl (C=O) groups is 1. The van der Waals surface area contributed by atoms with Gasteiger partial charge in [0.05, 0.1) is 11.6 Å². The van der Waals surface area contributed by atoms with Gasteiger partial charge in [-0.3, -0.25) is 0 Å². The van der Waals surface area contributed by atoms with Crippen molar-refractivity contribution in [3.05, 3.63) is 65.7 Å². The Labute approximate surface area is 111 Å². The van der Waals surface area contributed by atoms with E-state index in [2.05, 4.69) is 6.07 Å². The van der Waals surface area contributed by atoms with Crippen LogP contribution in [0, 0.1) is 11.3 Å². The third kappa shape index (κ3) is 3.30. The molecule has 19 heavy (non-hydrogen) atoms. The molecule has 0 saturated heterocycles. The Kier molecular flexibility index (Phi) is 3.75. The third-order valence-corrected chi connectivity index (χ3v) is 2.68. The van der Waals surface area contributed by atoms with Crippen LogP contribution in [0.2, 0.25) is 0 Å². The molecule has 0 aliphatic rings. The number of nitrogens with zero attached hydrogens (tertiary/aromatic N) is 1. The molecule has 2 rings (SSSR count). The van der Waals surface area contributed by atoms with Crippen LogP contribution in [0.5, 0.6) is 0 Å². The summed E-state index contributed by atoms with van der Waals surface area (Å²) in [5.74, 6) is -0.962. The fraction of sp³-hybridized carbons (Fsp3) is 0. The lowest BCUT2D eigenvalue weighted by molar-refractivity contribution is -0.131. The molecule has 2 aromatic carbocycles. The summed E-state index contributed by atoms with van der Waals surface area (Å²) in [5, 5.41) is 17.3. The zero-order valence-electron chi connectivity index (χ0n) is 10.1. The summed E-state index contributed by atoms with van der Waals surface area (Å²) in [6, 6.07) is 16.9. The van der Waals surface area contributed by atoms with E-state index in [1.807, 2.05) is 36.4 Å². The average Bonchev–Trinajstić information content (AvgIpc) is 2.46. The molecule has 3 heteroatoms. The number of aliphatic carboxylic acids is 1. The van der Waals surface area contributed by atoms with Crippen molar-refractivity contribution < 1.29 is 9.90 Å². The molecule has 0 radical (unpaired) electrons. The van der Waals surface area contributed by atoms with Crippen LogP contribution in [0.4, 0.5) is 0 Å². The first-order chi connectivity index (χ1) is 9.19. The number of rotatable bonds is 3. The predicted octanol–water partition coefficient (Wildman–Crippen LogP) is 3.32. The van der Waals surface area contributed by atoms with Gasteiger partial charge in [0.2, 0.25) is 0 Å². The van der Waals surface area contributed by atoms with Gasteiger partial charge in [-0.05, 0) is 34.9 Å². The van der Waals surface area contributed by atoms with Crippen molar-refractivity contribution >= 4 is 12.0 Å². The second kappa shape index (κ2) is 5.65. The van der Waals surface area contributed by atoms with Gasteiger partial charge in [0.1, 0.15) is 0 Å². The van der Waals surface area contributed by atoms with E-state index in [9.17, 15) is 4.79 Å². The number of hydrogen-bond acceptors (Lipinski definition) is 2. The molecule has 0 fully saturated rings. The molecule has 0 aliphatic carbocycles. The highest BCUT2D eigenvalue weighted by atomic mass is 16.4. The van der Waals surface area contributed by atoms with E-state index < -0.39 is 5.97 Å². The molecule has 1 N–H and O–H groups in total. The minimum Gasteiger partial charge on any atom is -0.478 e. The van der Waals surface area contributed by atoms with Gasteiger partial charge < -0.3 is 5.11 Å². The molecule has 0 unspecified atom stereocenters. The van der Waals surface area contributed by atoms with Gasteiger partial charge in [0.25, 0.3) is 0 Å². The van der Waals surface area contributed by atoms with Crippen LogP contribution in [0.15, 0.2) is 54.6 Å². The van der Waals surface area contributed by atoms with E-state index in [0.717, 1.165) is 22.8 Å².